The Balaban J connectivity index is 1.63. The summed E-state index contributed by atoms with van der Waals surface area (Å²) >= 11 is 0. The number of carbonyl (C=O) groups is 1. The van der Waals surface area contributed by atoms with E-state index in [4.69, 9.17) is 5.73 Å². The normalized spacial score (nSPS) is 23.8. The molecule has 0 spiro atoms. The van der Waals surface area contributed by atoms with E-state index in [1.165, 1.54) is 16.6 Å². The van der Waals surface area contributed by atoms with Gasteiger partial charge in [-0.3, -0.25) is 4.79 Å². The van der Waals surface area contributed by atoms with Gasteiger partial charge < -0.3 is 10.6 Å². The Morgan fingerprint density at radius 1 is 1.09 bits per heavy atom. The number of hydrogen-bond acceptors (Lipinski definition) is 7. The minimum atomic E-state index is -3.95. The summed E-state index contributed by atoms with van der Waals surface area (Å²) in [5.41, 5.74) is 7.29. The number of rotatable bonds is 5. The van der Waals surface area contributed by atoms with Crippen LogP contribution in [-0.4, -0.2) is 74.6 Å². The summed E-state index contributed by atoms with van der Waals surface area (Å²) in [7, 11) is -7.08. The first-order valence-corrected chi connectivity index (χ1v) is 14.1. The van der Waals surface area contributed by atoms with E-state index in [2.05, 4.69) is 4.98 Å². The van der Waals surface area contributed by atoms with Crippen molar-refractivity contribution in [3.63, 3.8) is 0 Å². The molecule has 0 radical (unpaired) electrons. The van der Waals surface area contributed by atoms with Crippen LogP contribution in [0.2, 0.25) is 0 Å². The molecule has 1 aromatic heterocycles. The molecule has 178 valence electrons. The maximum atomic E-state index is 13.5. The zero-order valence-electron chi connectivity index (χ0n) is 18.2. The molecule has 9 nitrogen and oxygen atoms in total. The number of carbonyl (C=O) groups excluding carboxylic acids is 1. The van der Waals surface area contributed by atoms with Crippen LogP contribution < -0.4 is 5.73 Å². The molecule has 4 rings (SSSR count). The van der Waals surface area contributed by atoms with Gasteiger partial charge in [-0.15, -0.1) is 0 Å². The van der Waals surface area contributed by atoms with Crippen LogP contribution in [0.4, 0.5) is 0 Å². The largest absolute Gasteiger partial charge is 0.340 e. The van der Waals surface area contributed by atoms with Gasteiger partial charge in [0.15, 0.2) is 14.9 Å². The van der Waals surface area contributed by atoms with Crippen molar-refractivity contribution >= 4 is 25.8 Å². The number of pyridine rings is 1. The van der Waals surface area contributed by atoms with Crippen LogP contribution in [0.1, 0.15) is 23.5 Å². The topological polar surface area (TPSA) is 131 Å². The molecule has 2 saturated heterocycles. The Morgan fingerprint density at radius 2 is 1.79 bits per heavy atom. The molecule has 0 saturated carbocycles. The van der Waals surface area contributed by atoms with Gasteiger partial charge in [-0.05, 0) is 35.6 Å². The summed E-state index contributed by atoms with van der Waals surface area (Å²) < 4.78 is 51.9. The smallest absolute Gasteiger partial charge is 0.260 e. The summed E-state index contributed by atoms with van der Waals surface area (Å²) in [5.74, 6) is -1.07. The van der Waals surface area contributed by atoms with Crippen molar-refractivity contribution in [1.82, 2.24) is 14.2 Å². The monoisotopic (exact) mass is 492 g/mol. The Bertz CT molecular complexity index is 1200. The van der Waals surface area contributed by atoms with Gasteiger partial charge in [-0.25, -0.2) is 21.8 Å². The average Bonchev–Trinajstić information content (AvgIpc) is 2.84. The lowest BCUT2D eigenvalue weighted by molar-refractivity contribution is -0.136. The van der Waals surface area contributed by atoms with E-state index in [-0.39, 0.29) is 61.1 Å². The van der Waals surface area contributed by atoms with Crippen LogP contribution in [0.5, 0.6) is 0 Å². The van der Waals surface area contributed by atoms with Crippen molar-refractivity contribution < 1.29 is 21.6 Å². The fourth-order valence-electron chi connectivity index (χ4n) is 4.44. The fourth-order valence-corrected chi connectivity index (χ4v) is 7.15. The first-order chi connectivity index (χ1) is 15.7. The molecule has 0 unspecified atom stereocenters. The van der Waals surface area contributed by atoms with E-state index in [1.54, 1.807) is 11.0 Å². The van der Waals surface area contributed by atoms with Crippen molar-refractivity contribution in [1.29, 1.82) is 0 Å². The summed E-state index contributed by atoms with van der Waals surface area (Å²) in [6, 6.07) is 12.7. The van der Waals surface area contributed by atoms with Crippen LogP contribution in [0.15, 0.2) is 53.7 Å². The average molecular weight is 493 g/mol. The van der Waals surface area contributed by atoms with Gasteiger partial charge >= 0.3 is 0 Å². The van der Waals surface area contributed by atoms with Crippen molar-refractivity contribution in [2.75, 3.05) is 37.7 Å². The number of sulfonamides is 1. The maximum Gasteiger partial charge on any atom is 0.260 e. The SMILES string of the molecule is NCc1ccnc(S(=O)(=O)N2C[C@@H](C(=O)N3CCS(=O)(=O)CC3)C[C@@H](c3ccccc3)C2)c1. The quantitative estimate of drug-likeness (QED) is 0.646. The lowest BCUT2D eigenvalue weighted by Crippen LogP contribution is -2.52. The minimum Gasteiger partial charge on any atom is -0.340 e. The van der Waals surface area contributed by atoms with Gasteiger partial charge in [0.25, 0.3) is 10.0 Å². The van der Waals surface area contributed by atoms with Crippen LogP contribution in [-0.2, 0) is 31.2 Å². The van der Waals surface area contributed by atoms with Crippen LogP contribution in [0, 0.1) is 5.92 Å². The number of nitrogens with zero attached hydrogens (tertiary/aromatic N) is 3. The summed E-state index contributed by atoms with van der Waals surface area (Å²) in [4.78, 5) is 18.9. The third-order valence-corrected chi connectivity index (χ3v) is 9.67. The number of aromatic nitrogens is 1. The molecule has 1 aromatic carbocycles. The molecule has 2 aliphatic heterocycles. The van der Waals surface area contributed by atoms with Crippen molar-refractivity contribution in [2.24, 2.45) is 11.7 Å². The number of sulfone groups is 1. The Hall–Kier alpha value is -2.34. The van der Waals surface area contributed by atoms with E-state index >= 15 is 0 Å². The highest BCUT2D eigenvalue weighted by molar-refractivity contribution is 7.91. The highest BCUT2D eigenvalue weighted by Crippen LogP contribution is 2.34. The lowest BCUT2D eigenvalue weighted by atomic mass is 9.85. The lowest BCUT2D eigenvalue weighted by Gasteiger charge is -2.39. The maximum absolute atomic E-state index is 13.5. The molecule has 2 N–H and O–H groups in total. The third-order valence-electron chi connectivity index (χ3n) is 6.33. The van der Waals surface area contributed by atoms with Gasteiger partial charge in [-0.1, -0.05) is 30.3 Å². The van der Waals surface area contributed by atoms with Gasteiger partial charge in [0.2, 0.25) is 5.91 Å². The first kappa shape index (κ1) is 23.8. The predicted molar refractivity (Wildman–Crippen MR) is 123 cm³/mol. The van der Waals surface area contributed by atoms with Crippen LogP contribution >= 0.6 is 0 Å². The number of hydrogen-bond donors (Lipinski definition) is 1. The molecule has 0 aliphatic carbocycles. The second kappa shape index (κ2) is 9.49. The summed E-state index contributed by atoms with van der Waals surface area (Å²) in [5, 5.41) is -0.0885. The summed E-state index contributed by atoms with van der Waals surface area (Å²) in [6.07, 6.45) is 1.92. The van der Waals surface area contributed by atoms with E-state index in [0.29, 0.717) is 12.0 Å². The second-order valence-corrected chi connectivity index (χ2v) is 12.7. The molecule has 3 heterocycles. The molecule has 1 amide bonds. The van der Waals surface area contributed by atoms with E-state index < -0.39 is 25.8 Å². The van der Waals surface area contributed by atoms with E-state index in [0.717, 1.165) is 5.56 Å². The van der Waals surface area contributed by atoms with Gasteiger partial charge in [-0.2, -0.15) is 4.31 Å². The Morgan fingerprint density at radius 3 is 2.45 bits per heavy atom. The minimum absolute atomic E-state index is 0.0300. The Labute approximate surface area is 194 Å². The van der Waals surface area contributed by atoms with E-state index in [9.17, 15) is 21.6 Å². The van der Waals surface area contributed by atoms with Crippen LogP contribution in [0.3, 0.4) is 0 Å². The molecular formula is C22H28N4O5S2. The van der Waals surface area contributed by atoms with Gasteiger partial charge in [0.1, 0.15) is 0 Å². The molecule has 2 aromatic rings. The molecule has 2 atom stereocenters. The zero-order valence-corrected chi connectivity index (χ0v) is 19.8. The standard InChI is InChI=1S/C22H28N4O5S2/c23-14-17-6-7-24-21(12-17)33(30,31)26-15-19(18-4-2-1-3-5-18)13-20(16-26)22(27)25-8-10-32(28,29)11-9-25/h1-7,12,19-20H,8-11,13-16,23H2/t19-,20+/m1/s1. The number of amides is 1. The van der Waals surface area contributed by atoms with Crippen LogP contribution in [0.25, 0.3) is 0 Å². The van der Waals surface area contributed by atoms with E-state index in [1.807, 2.05) is 30.3 Å². The molecule has 33 heavy (non-hydrogen) atoms. The van der Waals surface area contributed by atoms with Gasteiger partial charge in [0.05, 0.1) is 17.4 Å². The zero-order chi connectivity index (χ0) is 23.6. The highest BCUT2D eigenvalue weighted by Gasteiger charge is 2.40. The van der Waals surface area contributed by atoms with Crippen molar-refractivity contribution in [2.45, 2.75) is 23.9 Å². The van der Waals surface area contributed by atoms with Crippen molar-refractivity contribution in [3.8, 4) is 0 Å². The predicted octanol–water partition coefficient (Wildman–Crippen LogP) is 0.592. The molecule has 0 bridgehead atoms. The second-order valence-electron chi connectivity index (χ2n) is 8.55. The number of benzene rings is 1. The van der Waals surface area contributed by atoms with Gasteiger partial charge in [0, 0.05) is 38.9 Å². The number of nitrogens with two attached hydrogens (primary N) is 1. The molecule has 2 fully saturated rings. The number of piperidine rings is 1. The molecule has 11 heteroatoms. The molecule has 2 aliphatic rings. The fraction of sp³-hybridized carbons (Fsp3) is 0.455. The third kappa shape index (κ3) is 5.26. The Kier molecular flexibility index (Phi) is 6.85. The summed E-state index contributed by atoms with van der Waals surface area (Å²) in [6.45, 7) is 0.735. The van der Waals surface area contributed by atoms with Crippen molar-refractivity contribution in [3.05, 3.63) is 59.8 Å². The first-order valence-electron chi connectivity index (χ1n) is 10.9. The molecular weight excluding hydrogens is 464 g/mol. The highest BCUT2D eigenvalue weighted by atomic mass is 32.2.